The van der Waals surface area contributed by atoms with Crippen LogP contribution < -0.4 is 0 Å². The summed E-state index contributed by atoms with van der Waals surface area (Å²) in [4.78, 5) is 10.9. The number of carbonyl (C=O) groups is 1. The van der Waals surface area contributed by atoms with Gasteiger partial charge in [0.2, 0.25) is 0 Å². The molecule has 18 heavy (non-hydrogen) atoms. The van der Waals surface area contributed by atoms with E-state index in [0.717, 1.165) is 25.7 Å². The van der Waals surface area contributed by atoms with Crippen molar-refractivity contribution in [1.29, 1.82) is 0 Å². The van der Waals surface area contributed by atoms with E-state index in [1.165, 1.54) is 26.4 Å². The third kappa shape index (κ3) is 11.6. The van der Waals surface area contributed by atoms with Crippen molar-refractivity contribution in [3.8, 4) is 0 Å². The van der Waals surface area contributed by atoms with E-state index in [4.69, 9.17) is 4.74 Å². The van der Waals surface area contributed by atoms with Crippen molar-refractivity contribution in [2.24, 2.45) is 0 Å². The van der Waals surface area contributed by atoms with Crippen LogP contribution in [0.3, 0.4) is 0 Å². The summed E-state index contributed by atoms with van der Waals surface area (Å²) in [6.45, 7) is 2.08. The van der Waals surface area contributed by atoms with Crippen molar-refractivity contribution < 1.29 is 14.3 Å². The lowest BCUT2D eigenvalue weighted by Crippen LogP contribution is -2.01. The number of ether oxygens (including phenoxy) is 2. The van der Waals surface area contributed by atoms with Crippen molar-refractivity contribution >= 4 is 5.97 Å². The van der Waals surface area contributed by atoms with Crippen molar-refractivity contribution in [1.82, 2.24) is 0 Å². The molecule has 0 N–H and O–H groups in total. The van der Waals surface area contributed by atoms with E-state index < -0.39 is 0 Å². The first kappa shape index (κ1) is 17.2. The van der Waals surface area contributed by atoms with Gasteiger partial charge in [-0.1, -0.05) is 31.4 Å². The molecule has 0 radical (unpaired) electrons. The van der Waals surface area contributed by atoms with E-state index in [1.54, 1.807) is 7.11 Å². The zero-order valence-corrected chi connectivity index (χ0v) is 12.1. The molecule has 0 heterocycles. The van der Waals surface area contributed by atoms with Gasteiger partial charge in [0.25, 0.3) is 0 Å². The maximum Gasteiger partial charge on any atom is 0.305 e. The van der Waals surface area contributed by atoms with E-state index in [-0.39, 0.29) is 5.97 Å². The molecule has 1 atom stereocenters. The van der Waals surface area contributed by atoms with Crippen LogP contribution in [-0.2, 0) is 14.3 Å². The number of hydrogen-bond acceptors (Lipinski definition) is 3. The predicted molar refractivity (Wildman–Crippen MR) is 74.6 cm³/mol. The van der Waals surface area contributed by atoms with Gasteiger partial charge in [-0.3, -0.25) is 4.79 Å². The summed E-state index contributed by atoms with van der Waals surface area (Å²) in [6.07, 6.45) is 13.2. The van der Waals surface area contributed by atoms with Crippen LogP contribution in [0.1, 0.15) is 58.3 Å². The van der Waals surface area contributed by atoms with Gasteiger partial charge in [0, 0.05) is 13.5 Å². The zero-order chi connectivity index (χ0) is 13.6. The van der Waals surface area contributed by atoms with Crippen LogP contribution in [0.5, 0.6) is 0 Å². The first-order valence-electron chi connectivity index (χ1n) is 6.95. The average molecular weight is 256 g/mol. The van der Waals surface area contributed by atoms with Crippen LogP contribution in [-0.4, -0.2) is 26.3 Å². The summed E-state index contributed by atoms with van der Waals surface area (Å²) in [5, 5.41) is 0. The highest BCUT2D eigenvalue weighted by molar-refractivity contribution is 5.68. The van der Waals surface area contributed by atoms with Crippen molar-refractivity contribution in [3.63, 3.8) is 0 Å². The monoisotopic (exact) mass is 256 g/mol. The molecule has 0 saturated carbocycles. The molecule has 3 nitrogen and oxygen atoms in total. The first-order valence-corrected chi connectivity index (χ1v) is 6.95. The Morgan fingerprint density at radius 3 is 2.39 bits per heavy atom. The number of allylic oxidation sites excluding steroid dienone is 1. The third-order valence-electron chi connectivity index (χ3n) is 3.02. The van der Waals surface area contributed by atoms with Crippen LogP contribution in [0.15, 0.2) is 12.2 Å². The fourth-order valence-electron chi connectivity index (χ4n) is 1.67. The smallest absolute Gasteiger partial charge is 0.305 e. The molecular formula is C15H28O3. The fourth-order valence-corrected chi connectivity index (χ4v) is 1.67. The number of methoxy groups -OCH3 is 2. The molecule has 106 valence electrons. The maximum atomic E-state index is 10.9. The average Bonchev–Trinajstić information content (AvgIpc) is 2.40. The van der Waals surface area contributed by atoms with Gasteiger partial charge in [-0.25, -0.2) is 0 Å². The molecule has 0 aromatic heterocycles. The molecule has 0 amide bonds. The minimum absolute atomic E-state index is 0.0924. The second-order valence-electron chi connectivity index (χ2n) is 4.64. The topological polar surface area (TPSA) is 35.5 Å². The van der Waals surface area contributed by atoms with Crippen LogP contribution in [0, 0.1) is 0 Å². The highest BCUT2D eigenvalue weighted by Gasteiger charge is 1.98. The van der Waals surface area contributed by atoms with E-state index in [2.05, 4.69) is 23.8 Å². The molecule has 0 aliphatic rings. The van der Waals surface area contributed by atoms with E-state index in [0.29, 0.717) is 12.5 Å². The summed E-state index contributed by atoms with van der Waals surface area (Å²) < 4.78 is 9.75. The molecule has 0 saturated heterocycles. The Morgan fingerprint density at radius 2 is 1.72 bits per heavy atom. The number of unbranched alkanes of at least 4 members (excludes halogenated alkanes) is 5. The normalized spacial score (nSPS) is 12.8. The van der Waals surface area contributed by atoms with Gasteiger partial charge in [0.1, 0.15) is 0 Å². The second-order valence-corrected chi connectivity index (χ2v) is 4.64. The molecule has 0 aliphatic heterocycles. The van der Waals surface area contributed by atoms with Gasteiger partial charge in [-0.2, -0.15) is 0 Å². The van der Waals surface area contributed by atoms with Crippen LogP contribution in [0.2, 0.25) is 0 Å². The summed E-state index contributed by atoms with van der Waals surface area (Å²) in [5.74, 6) is -0.0924. The minimum Gasteiger partial charge on any atom is -0.469 e. The Balaban J connectivity index is 3.18. The number of rotatable bonds is 11. The Morgan fingerprint density at radius 1 is 1.06 bits per heavy atom. The van der Waals surface area contributed by atoms with E-state index >= 15 is 0 Å². The molecule has 0 fully saturated rings. The Labute approximate surface area is 112 Å². The zero-order valence-electron chi connectivity index (χ0n) is 12.1. The molecule has 0 spiro atoms. The summed E-state index contributed by atoms with van der Waals surface area (Å²) in [6, 6.07) is 0. The van der Waals surface area contributed by atoms with Gasteiger partial charge >= 0.3 is 5.97 Å². The molecule has 0 aromatic carbocycles. The maximum absolute atomic E-state index is 10.9. The molecule has 0 aliphatic carbocycles. The summed E-state index contributed by atoms with van der Waals surface area (Å²) >= 11 is 0. The standard InChI is InChI=1S/C15H28O3/c1-14(17-2)12-10-8-6-4-5-7-9-11-13-15(16)18-3/h8,10,14H,4-7,9,11-13H2,1-3H3/b10-8+. The predicted octanol–water partition coefficient (Wildman–Crippen LogP) is 3.87. The highest BCUT2D eigenvalue weighted by Crippen LogP contribution is 2.08. The Hall–Kier alpha value is -0.830. The molecule has 1 unspecified atom stereocenters. The van der Waals surface area contributed by atoms with Crippen molar-refractivity contribution in [3.05, 3.63) is 12.2 Å². The molecule has 0 aromatic rings. The number of carbonyl (C=O) groups excluding carboxylic acids is 1. The van der Waals surface area contributed by atoms with Gasteiger partial charge < -0.3 is 9.47 Å². The van der Waals surface area contributed by atoms with Crippen LogP contribution >= 0.6 is 0 Å². The minimum atomic E-state index is -0.0924. The summed E-state index contributed by atoms with van der Waals surface area (Å²) in [7, 11) is 3.19. The van der Waals surface area contributed by atoms with E-state index in [9.17, 15) is 4.79 Å². The molecule has 0 rings (SSSR count). The van der Waals surface area contributed by atoms with E-state index in [1.807, 2.05) is 0 Å². The number of hydrogen-bond donors (Lipinski definition) is 0. The van der Waals surface area contributed by atoms with Crippen molar-refractivity contribution in [2.75, 3.05) is 14.2 Å². The second kappa shape index (κ2) is 12.6. The largest absolute Gasteiger partial charge is 0.469 e. The van der Waals surface area contributed by atoms with Gasteiger partial charge in [-0.05, 0) is 32.6 Å². The summed E-state index contributed by atoms with van der Waals surface area (Å²) in [5.41, 5.74) is 0. The lowest BCUT2D eigenvalue weighted by molar-refractivity contribution is -0.140. The van der Waals surface area contributed by atoms with Gasteiger partial charge in [0.05, 0.1) is 13.2 Å². The quantitative estimate of drug-likeness (QED) is 0.320. The Bertz CT molecular complexity index is 224. The van der Waals surface area contributed by atoms with Crippen molar-refractivity contribution in [2.45, 2.75) is 64.4 Å². The molecule has 3 heteroatoms. The number of esters is 1. The highest BCUT2D eigenvalue weighted by atomic mass is 16.5. The lowest BCUT2D eigenvalue weighted by atomic mass is 10.1. The lowest BCUT2D eigenvalue weighted by Gasteiger charge is -2.04. The third-order valence-corrected chi connectivity index (χ3v) is 3.02. The van der Waals surface area contributed by atoms with Gasteiger partial charge in [-0.15, -0.1) is 0 Å². The SMILES string of the molecule is COC(=O)CCCCCCC/C=C/CC(C)OC. The Kier molecular flexibility index (Phi) is 12.0. The molecule has 0 bridgehead atoms. The molecular weight excluding hydrogens is 228 g/mol. The van der Waals surface area contributed by atoms with Crippen LogP contribution in [0.4, 0.5) is 0 Å². The first-order chi connectivity index (χ1) is 8.70. The van der Waals surface area contributed by atoms with Crippen LogP contribution in [0.25, 0.3) is 0 Å². The fraction of sp³-hybridized carbons (Fsp3) is 0.800. The van der Waals surface area contributed by atoms with Gasteiger partial charge in [0.15, 0.2) is 0 Å².